The van der Waals surface area contributed by atoms with Gasteiger partial charge in [0.2, 0.25) is 0 Å². The fraction of sp³-hybridized carbons (Fsp3) is 0.280. The van der Waals surface area contributed by atoms with Gasteiger partial charge in [-0.05, 0) is 42.0 Å². The summed E-state index contributed by atoms with van der Waals surface area (Å²) in [5.41, 5.74) is 2.69. The highest BCUT2D eigenvalue weighted by molar-refractivity contribution is 6.30. The van der Waals surface area contributed by atoms with Gasteiger partial charge in [-0.25, -0.2) is 0 Å². The van der Waals surface area contributed by atoms with E-state index in [9.17, 15) is 4.79 Å². The summed E-state index contributed by atoms with van der Waals surface area (Å²) in [6.07, 6.45) is 3.59. The second-order valence-electron chi connectivity index (χ2n) is 8.05. The number of halogens is 1. The van der Waals surface area contributed by atoms with Crippen LogP contribution in [0.15, 0.2) is 71.8 Å². The van der Waals surface area contributed by atoms with E-state index in [4.69, 9.17) is 21.1 Å². The van der Waals surface area contributed by atoms with E-state index in [-0.39, 0.29) is 5.56 Å². The van der Waals surface area contributed by atoms with Gasteiger partial charge in [0.15, 0.2) is 0 Å². The first-order valence-electron chi connectivity index (χ1n) is 11.0. The fourth-order valence-corrected chi connectivity index (χ4v) is 4.10. The van der Waals surface area contributed by atoms with Gasteiger partial charge in [-0.1, -0.05) is 23.7 Å². The molecule has 1 fully saturated rings. The lowest BCUT2D eigenvalue weighted by Gasteiger charge is -2.26. The Kier molecular flexibility index (Phi) is 6.44. The minimum absolute atomic E-state index is 0.150. The summed E-state index contributed by atoms with van der Waals surface area (Å²) in [5, 5.41) is 6.24. The van der Waals surface area contributed by atoms with Crippen LogP contribution in [0.4, 0.5) is 0 Å². The predicted molar refractivity (Wildman–Crippen MR) is 128 cm³/mol. The lowest BCUT2D eigenvalue weighted by Crippen LogP contribution is -2.38. The van der Waals surface area contributed by atoms with Crippen LogP contribution < -0.4 is 10.3 Å². The van der Waals surface area contributed by atoms with Gasteiger partial charge < -0.3 is 9.47 Å². The molecule has 170 valence electrons. The second-order valence-corrected chi connectivity index (χ2v) is 8.49. The lowest BCUT2D eigenvalue weighted by atomic mass is 10.2. The summed E-state index contributed by atoms with van der Waals surface area (Å²) < 4.78 is 14.8. The highest BCUT2D eigenvalue weighted by Gasteiger charge is 2.12. The number of pyridine rings is 1. The van der Waals surface area contributed by atoms with E-state index in [1.54, 1.807) is 16.8 Å². The SMILES string of the molecule is O=c1cc(OCc2ccc(Cl)cc2)ccn1-c1ccc2c(cnn2CCN2CCOCC2)c1. The number of rotatable bonds is 7. The molecule has 3 heterocycles. The first-order chi connectivity index (χ1) is 16.2. The van der Waals surface area contributed by atoms with Crippen molar-refractivity contribution in [1.82, 2.24) is 19.2 Å². The van der Waals surface area contributed by atoms with Crippen molar-refractivity contribution in [1.29, 1.82) is 0 Å². The molecule has 5 rings (SSSR count). The van der Waals surface area contributed by atoms with Gasteiger partial charge >= 0.3 is 0 Å². The van der Waals surface area contributed by atoms with Crippen LogP contribution in [0, 0.1) is 0 Å². The van der Waals surface area contributed by atoms with E-state index in [1.165, 1.54) is 6.07 Å². The minimum Gasteiger partial charge on any atom is -0.489 e. The van der Waals surface area contributed by atoms with Gasteiger partial charge in [-0.15, -0.1) is 0 Å². The van der Waals surface area contributed by atoms with Crippen LogP contribution in [0.2, 0.25) is 5.02 Å². The van der Waals surface area contributed by atoms with Crippen LogP contribution >= 0.6 is 11.6 Å². The molecule has 0 saturated carbocycles. The summed E-state index contributed by atoms with van der Waals surface area (Å²) in [6.45, 7) is 5.65. The molecule has 4 aromatic rings. The third-order valence-corrected chi connectivity index (χ3v) is 6.10. The summed E-state index contributed by atoms with van der Waals surface area (Å²) >= 11 is 5.91. The molecule has 2 aromatic carbocycles. The molecule has 0 unspecified atom stereocenters. The summed E-state index contributed by atoms with van der Waals surface area (Å²) in [4.78, 5) is 15.1. The average Bonchev–Trinajstić information content (AvgIpc) is 3.25. The second kappa shape index (κ2) is 9.79. The lowest BCUT2D eigenvalue weighted by molar-refractivity contribution is 0.0361. The number of hydrogen-bond acceptors (Lipinski definition) is 5. The molecule has 0 spiro atoms. The highest BCUT2D eigenvalue weighted by Crippen LogP contribution is 2.19. The zero-order chi connectivity index (χ0) is 22.6. The molecule has 0 amide bonds. The molecular weight excluding hydrogens is 440 g/mol. The molecule has 0 atom stereocenters. The zero-order valence-corrected chi connectivity index (χ0v) is 18.9. The Morgan fingerprint density at radius 1 is 1.00 bits per heavy atom. The maximum absolute atomic E-state index is 12.7. The maximum Gasteiger partial charge on any atom is 0.258 e. The largest absolute Gasteiger partial charge is 0.489 e. The van der Waals surface area contributed by atoms with Gasteiger partial charge in [0.25, 0.3) is 5.56 Å². The van der Waals surface area contributed by atoms with Gasteiger partial charge in [-0.3, -0.25) is 18.9 Å². The van der Waals surface area contributed by atoms with E-state index in [2.05, 4.69) is 10.00 Å². The first kappa shape index (κ1) is 21.7. The molecule has 1 aliphatic rings. The van der Waals surface area contributed by atoms with Crippen LogP contribution in [0.3, 0.4) is 0 Å². The van der Waals surface area contributed by atoms with Crippen LogP contribution in [0.25, 0.3) is 16.6 Å². The van der Waals surface area contributed by atoms with Crippen molar-refractivity contribution in [3.63, 3.8) is 0 Å². The molecule has 33 heavy (non-hydrogen) atoms. The van der Waals surface area contributed by atoms with Crippen molar-refractivity contribution in [3.8, 4) is 11.4 Å². The van der Waals surface area contributed by atoms with Gasteiger partial charge in [0.1, 0.15) is 12.4 Å². The van der Waals surface area contributed by atoms with Crippen molar-refractivity contribution in [2.24, 2.45) is 0 Å². The molecule has 0 radical (unpaired) electrons. The monoisotopic (exact) mass is 464 g/mol. The van der Waals surface area contributed by atoms with Crippen LogP contribution in [-0.4, -0.2) is 52.1 Å². The molecule has 7 nitrogen and oxygen atoms in total. The van der Waals surface area contributed by atoms with Gasteiger partial charge in [0.05, 0.1) is 31.5 Å². The molecule has 0 N–H and O–H groups in total. The van der Waals surface area contributed by atoms with Crippen LogP contribution in [0.5, 0.6) is 5.75 Å². The number of nitrogens with zero attached hydrogens (tertiary/aromatic N) is 4. The molecule has 8 heteroatoms. The summed E-state index contributed by atoms with van der Waals surface area (Å²) in [5.74, 6) is 0.531. The number of fused-ring (bicyclic) bond motifs is 1. The number of benzene rings is 2. The van der Waals surface area contributed by atoms with E-state index in [1.807, 2.05) is 53.3 Å². The molecule has 2 aromatic heterocycles. The van der Waals surface area contributed by atoms with Crippen LogP contribution in [0.1, 0.15) is 5.56 Å². The van der Waals surface area contributed by atoms with E-state index >= 15 is 0 Å². The minimum atomic E-state index is -0.150. The van der Waals surface area contributed by atoms with E-state index < -0.39 is 0 Å². The Morgan fingerprint density at radius 3 is 2.61 bits per heavy atom. The maximum atomic E-state index is 12.7. The van der Waals surface area contributed by atoms with Crippen molar-refractivity contribution < 1.29 is 9.47 Å². The molecule has 1 aliphatic heterocycles. The molecule has 1 saturated heterocycles. The summed E-state index contributed by atoms with van der Waals surface area (Å²) in [6, 6.07) is 16.7. The predicted octanol–water partition coefficient (Wildman–Crippen LogP) is 3.75. The van der Waals surface area contributed by atoms with Crippen molar-refractivity contribution in [2.75, 3.05) is 32.8 Å². The normalized spacial score (nSPS) is 14.6. The third kappa shape index (κ3) is 5.11. The van der Waals surface area contributed by atoms with Crippen LogP contribution in [-0.2, 0) is 17.9 Å². The third-order valence-electron chi connectivity index (χ3n) is 5.85. The average molecular weight is 465 g/mol. The number of aromatic nitrogens is 3. The Labute approximate surface area is 196 Å². The fourth-order valence-electron chi connectivity index (χ4n) is 3.97. The van der Waals surface area contributed by atoms with E-state index in [0.717, 1.165) is 61.5 Å². The van der Waals surface area contributed by atoms with E-state index in [0.29, 0.717) is 17.4 Å². The molecule has 0 aliphatic carbocycles. The van der Waals surface area contributed by atoms with Crippen molar-refractivity contribution >= 4 is 22.5 Å². The Bertz CT molecular complexity index is 1290. The quantitative estimate of drug-likeness (QED) is 0.417. The van der Waals surface area contributed by atoms with Crippen molar-refractivity contribution in [3.05, 3.63) is 87.9 Å². The smallest absolute Gasteiger partial charge is 0.258 e. The molecular formula is C25H25ClN4O3. The summed E-state index contributed by atoms with van der Waals surface area (Å²) in [7, 11) is 0. The number of morpholine rings is 1. The van der Waals surface area contributed by atoms with Gasteiger partial charge in [-0.2, -0.15) is 5.10 Å². The molecule has 0 bridgehead atoms. The Morgan fingerprint density at radius 2 is 1.82 bits per heavy atom. The van der Waals surface area contributed by atoms with Gasteiger partial charge in [0, 0.05) is 48.0 Å². The Balaban J connectivity index is 1.28. The number of hydrogen-bond donors (Lipinski definition) is 0. The first-order valence-corrected chi connectivity index (χ1v) is 11.4. The standard InChI is InChI=1S/C25H25ClN4O3/c26-21-3-1-19(2-4-21)18-33-23-7-8-29(25(31)16-23)22-5-6-24-20(15-22)17-27-30(24)10-9-28-11-13-32-14-12-28/h1-8,15-17H,9-14,18H2. The highest BCUT2D eigenvalue weighted by atomic mass is 35.5. The van der Waals surface area contributed by atoms with Crippen molar-refractivity contribution in [2.45, 2.75) is 13.2 Å². The topological polar surface area (TPSA) is 61.5 Å². The Hall–Kier alpha value is -3.13. The number of ether oxygens (including phenoxy) is 2. The zero-order valence-electron chi connectivity index (χ0n) is 18.2.